The van der Waals surface area contributed by atoms with Gasteiger partial charge < -0.3 is 0 Å². The highest BCUT2D eigenvalue weighted by atomic mass is 35.5. The normalized spacial score (nSPS) is 11.3. The third-order valence-electron chi connectivity index (χ3n) is 5.37. The summed E-state index contributed by atoms with van der Waals surface area (Å²) in [6.07, 6.45) is 3.31. The summed E-state index contributed by atoms with van der Waals surface area (Å²) in [5.74, 6) is -0.0189. The van der Waals surface area contributed by atoms with Gasteiger partial charge in [0.15, 0.2) is 11.4 Å². The molecular formula is C24H17ClN4O2. The Kier molecular flexibility index (Phi) is 4.45. The minimum atomic E-state index is -0.205. The minimum absolute atomic E-state index is 0.0189. The maximum atomic E-state index is 13.2. The predicted octanol–water partition coefficient (Wildman–Crippen LogP) is 4.86. The van der Waals surface area contributed by atoms with Crippen molar-refractivity contribution in [3.05, 3.63) is 93.6 Å². The molecule has 0 amide bonds. The van der Waals surface area contributed by atoms with E-state index < -0.39 is 0 Å². The van der Waals surface area contributed by atoms with E-state index in [0.717, 1.165) is 16.8 Å². The van der Waals surface area contributed by atoms with Gasteiger partial charge in [-0.05, 0) is 61.9 Å². The molecule has 0 saturated carbocycles. The van der Waals surface area contributed by atoms with Crippen molar-refractivity contribution in [2.75, 3.05) is 0 Å². The first-order valence-electron chi connectivity index (χ1n) is 9.71. The SMILES string of the molecule is CC(=O)c1ccc(-n2ccc3c(cnc4c(-c5ccc(Cl)cc5)c(C)nn43)c2=O)cc1. The molecule has 7 heteroatoms. The number of benzene rings is 2. The zero-order valence-electron chi connectivity index (χ0n) is 16.8. The molecule has 0 N–H and O–H groups in total. The summed E-state index contributed by atoms with van der Waals surface area (Å²) in [6, 6.07) is 16.3. The topological polar surface area (TPSA) is 69.3 Å². The first-order chi connectivity index (χ1) is 14.9. The van der Waals surface area contributed by atoms with Crippen LogP contribution in [0.4, 0.5) is 0 Å². The number of ketones is 1. The molecule has 3 aromatic heterocycles. The number of carbonyl (C=O) groups excluding carboxylic acids is 1. The molecule has 0 unspecified atom stereocenters. The van der Waals surface area contributed by atoms with Crippen LogP contribution in [0.15, 0.2) is 71.8 Å². The number of hydrogen-bond acceptors (Lipinski definition) is 4. The molecule has 0 aliphatic heterocycles. The number of halogens is 1. The van der Waals surface area contributed by atoms with Crippen molar-refractivity contribution < 1.29 is 4.79 Å². The second-order valence-electron chi connectivity index (χ2n) is 7.35. The van der Waals surface area contributed by atoms with Crippen molar-refractivity contribution in [1.29, 1.82) is 0 Å². The lowest BCUT2D eigenvalue weighted by atomic mass is 10.1. The molecule has 31 heavy (non-hydrogen) atoms. The lowest BCUT2D eigenvalue weighted by Gasteiger charge is -2.09. The maximum Gasteiger partial charge on any atom is 0.266 e. The fourth-order valence-corrected chi connectivity index (χ4v) is 3.92. The van der Waals surface area contributed by atoms with Crippen molar-refractivity contribution in [3.63, 3.8) is 0 Å². The van der Waals surface area contributed by atoms with Crippen molar-refractivity contribution in [3.8, 4) is 16.8 Å². The van der Waals surface area contributed by atoms with Crippen LogP contribution >= 0.6 is 11.6 Å². The van der Waals surface area contributed by atoms with E-state index >= 15 is 0 Å². The molecule has 0 fully saturated rings. The molecule has 3 heterocycles. The van der Waals surface area contributed by atoms with Gasteiger partial charge in [-0.1, -0.05) is 23.7 Å². The van der Waals surface area contributed by atoms with Crippen molar-refractivity contribution in [2.45, 2.75) is 13.8 Å². The van der Waals surface area contributed by atoms with Crippen LogP contribution < -0.4 is 5.56 Å². The highest BCUT2D eigenvalue weighted by Gasteiger charge is 2.16. The number of Topliss-reactive ketones (excluding diaryl/α,β-unsaturated/α-hetero) is 1. The van der Waals surface area contributed by atoms with E-state index in [1.807, 2.05) is 37.3 Å². The Morgan fingerprint density at radius 3 is 2.39 bits per heavy atom. The van der Waals surface area contributed by atoms with E-state index in [-0.39, 0.29) is 11.3 Å². The van der Waals surface area contributed by atoms with Crippen molar-refractivity contribution in [2.24, 2.45) is 0 Å². The molecule has 5 rings (SSSR count). The molecule has 0 radical (unpaired) electrons. The fraction of sp³-hybridized carbons (Fsp3) is 0.0833. The summed E-state index contributed by atoms with van der Waals surface area (Å²) in [4.78, 5) is 29.3. The molecule has 0 aliphatic carbocycles. The van der Waals surface area contributed by atoms with E-state index in [4.69, 9.17) is 11.6 Å². The van der Waals surface area contributed by atoms with Crippen molar-refractivity contribution >= 4 is 33.9 Å². The Balaban J connectivity index is 1.69. The summed E-state index contributed by atoms with van der Waals surface area (Å²) >= 11 is 6.03. The third kappa shape index (κ3) is 3.12. The molecular weight excluding hydrogens is 412 g/mol. The van der Waals surface area contributed by atoms with E-state index in [2.05, 4.69) is 10.1 Å². The number of fused-ring (bicyclic) bond motifs is 3. The number of rotatable bonds is 3. The molecule has 0 bridgehead atoms. The van der Waals surface area contributed by atoms with E-state index in [1.54, 1.807) is 41.2 Å². The van der Waals surface area contributed by atoms with Crippen LogP contribution in [0.2, 0.25) is 5.02 Å². The van der Waals surface area contributed by atoms with E-state index in [0.29, 0.717) is 32.8 Å². The zero-order chi connectivity index (χ0) is 21.7. The summed E-state index contributed by atoms with van der Waals surface area (Å²) in [5, 5.41) is 5.76. The summed E-state index contributed by atoms with van der Waals surface area (Å²) < 4.78 is 3.25. The van der Waals surface area contributed by atoms with Gasteiger partial charge in [0.1, 0.15) is 0 Å². The number of aromatic nitrogens is 4. The highest BCUT2D eigenvalue weighted by molar-refractivity contribution is 6.30. The third-order valence-corrected chi connectivity index (χ3v) is 5.62. The Morgan fingerprint density at radius 1 is 1.00 bits per heavy atom. The number of carbonyl (C=O) groups is 1. The van der Waals surface area contributed by atoms with Crippen LogP contribution in [0, 0.1) is 6.92 Å². The van der Waals surface area contributed by atoms with E-state index in [9.17, 15) is 9.59 Å². The van der Waals surface area contributed by atoms with Crippen LogP contribution in [-0.2, 0) is 0 Å². The molecule has 2 aromatic carbocycles. The van der Waals surface area contributed by atoms with Crippen LogP contribution in [0.5, 0.6) is 0 Å². The lowest BCUT2D eigenvalue weighted by molar-refractivity contribution is 0.101. The highest BCUT2D eigenvalue weighted by Crippen LogP contribution is 2.29. The Hall–Kier alpha value is -3.77. The average molecular weight is 429 g/mol. The molecule has 152 valence electrons. The molecule has 0 saturated heterocycles. The Labute approximate surface area is 182 Å². The summed E-state index contributed by atoms with van der Waals surface area (Å²) in [7, 11) is 0. The minimum Gasteiger partial charge on any atom is -0.295 e. The lowest BCUT2D eigenvalue weighted by Crippen LogP contribution is -2.19. The number of nitrogens with zero attached hydrogens (tertiary/aromatic N) is 4. The smallest absolute Gasteiger partial charge is 0.266 e. The first kappa shape index (κ1) is 19.2. The Morgan fingerprint density at radius 2 is 1.71 bits per heavy atom. The van der Waals surface area contributed by atoms with Crippen LogP contribution in [-0.4, -0.2) is 24.9 Å². The van der Waals surface area contributed by atoms with Gasteiger partial charge in [0.25, 0.3) is 5.56 Å². The van der Waals surface area contributed by atoms with Gasteiger partial charge in [-0.2, -0.15) is 5.10 Å². The molecule has 0 spiro atoms. The number of hydrogen-bond donors (Lipinski definition) is 0. The first-order valence-corrected chi connectivity index (χ1v) is 10.1. The second kappa shape index (κ2) is 7.18. The Bertz CT molecular complexity index is 1530. The van der Waals surface area contributed by atoms with Crippen LogP contribution in [0.3, 0.4) is 0 Å². The second-order valence-corrected chi connectivity index (χ2v) is 7.79. The summed E-state index contributed by atoms with van der Waals surface area (Å²) in [5.41, 5.74) is 5.10. The number of pyridine rings is 1. The van der Waals surface area contributed by atoms with E-state index in [1.165, 1.54) is 11.5 Å². The van der Waals surface area contributed by atoms with Gasteiger partial charge in [0, 0.05) is 34.2 Å². The number of aryl methyl sites for hydroxylation is 1. The fourth-order valence-electron chi connectivity index (χ4n) is 3.79. The zero-order valence-corrected chi connectivity index (χ0v) is 17.6. The average Bonchev–Trinajstić information content (AvgIpc) is 3.11. The van der Waals surface area contributed by atoms with Crippen molar-refractivity contribution in [1.82, 2.24) is 19.2 Å². The van der Waals surface area contributed by atoms with Gasteiger partial charge in [-0.25, -0.2) is 9.50 Å². The van der Waals surface area contributed by atoms with Crippen LogP contribution in [0.1, 0.15) is 23.0 Å². The van der Waals surface area contributed by atoms with Gasteiger partial charge in [0.2, 0.25) is 0 Å². The molecule has 0 atom stereocenters. The summed E-state index contributed by atoms with van der Waals surface area (Å²) in [6.45, 7) is 3.43. The largest absolute Gasteiger partial charge is 0.295 e. The molecule has 6 nitrogen and oxygen atoms in total. The van der Waals surface area contributed by atoms with Gasteiger partial charge in [-0.15, -0.1) is 0 Å². The van der Waals surface area contributed by atoms with Gasteiger partial charge >= 0.3 is 0 Å². The molecule has 5 aromatic rings. The van der Waals surface area contributed by atoms with Crippen LogP contribution in [0.25, 0.3) is 33.4 Å². The monoisotopic (exact) mass is 428 g/mol. The maximum absolute atomic E-state index is 13.2. The standard InChI is InChI=1S/C24H17ClN4O2/c1-14-22(17-3-7-18(25)8-4-17)23-26-13-20-21(29(23)27-14)11-12-28(24(20)31)19-9-5-16(6-10-19)15(2)30/h3-13H,1-2H3. The van der Waals surface area contributed by atoms with Gasteiger partial charge in [-0.3, -0.25) is 14.2 Å². The molecule has 0 aliphatic rings. The predicted molar refractivity (Wildman–Crippen MR) is 121 cm³/mol. The van der Waals surface area contributed by atoms with Gasteiger partial charge in [0.05, 0.1) is 16.6 Å². The quantitative estimate of drug-likeness (QED) is 0.384.